The number of aromatic nitrogens is 3. The molecule has 2 aliphatic rings. The molecular weight excluding hydrogens is 456 g/mol. The third-order valence-electron chi connectivity index (χ3n) is 6.65. The van der Waals surface area contributed by atoms with Crippen LogP contribution in [0.2, 0.25) is 0 Å². The van der Waals surface area contributed by atoms with Crippen LogP contribution in [0, 0.1) is 0 Å². The number of nitrogens with zero attached hydrogens (tertiary/aromatic N) is 3. The van der Waals surface area contributed by atoms with Gasteiger partial charge in [0.1, 0.15) is 0 Å². The van der Waals surface area contributed by atoms with E-state index in [0.29, 0.717) is 17.5 Å². The van der Waals surface area contributed by atoms with Gasteiger partial charge in [-0.3, -0.25) is 4.79 Å². The highest BCUT2D eigenvalue weighted by molar-refractivity contribution is 6.05. The van der Waals surface area contributed by atoms with Crippen molar-refractivity contribution in [2.24, 2.45) is 0 Å². The minimum absolute atomic E-state index is 0.121. The Labute approximate surface area is 216 Å². The van der Waals surface area contributed by atoms with E-state index in [-0.39, 0.29) is 5.78 Å². The summed E-state index contributed by atoms with van der Waals surface area (Å²) in [7, 11) is 0. The summed E-state index contributed by atoms with van der Waals surface area (Å²) >= 11 is 0. The molecule has 1 aliphatic heterocycles. The minimum atomic E-state index is 0.121. The van der Waals surface area contributed by atoms with Crippen LogP contribution in [-0.4, -0.2) is 20.7 Å². The van der Waals surface area contributed by atoms with E-state index in [4.69, 9.17) is 15.0 Å². The van der Waals surface area contributed by atoms with Gasteiger partial charge in [0, 0.05) is 33.7 Å². The minimum Gasteiger partial charge on any atom is -0.358 e. The lowest BCUT2D eigenvalue weighted by Crippen LogP contribution is -2.21. The largest absolute Gasteiger partial charge is 0.358 e. The SMILES string of the molecule is O=C1C=CCCC1=C1CCC=C(c2cccc(-c3nc(-c4ccccc4)nc(-c4ccccc4)n3)c2)N1. The molecule has 0 fully saturated rings. The molecule has 5 nitrogen and oxygen atoms in total. The standard InChI is InChI=1S/C32H26N4O/c37-29-20-8-7-17-26(29)28-19-10-18-27(33-28)24-15-9-16-25(21-24)32-35-30(22-11-3-1-4-12-22)34-31(36-32)23-13-5-2-6-14-23/h1-6,8-9,11-16,18,20-21,33H,7,10,17,19H2. The summed E-state index contributed by atoms with van der Waals surface area (Å²) in [6.45, 7) is 0. The van der Waals surface area contributed by atoms with Crippen LogP contribution in [0.25, 0.3) is 39.9 Å². The van der Waals surface area contributed by atoms with Gasteiger partial charge in [-0.25, -0.2) is 15.0 Å². The number of hydrogen-bond acceptors (Lipinski definition) is 5. The Morgan fingerprint density at radius 3 is 1.86 bits per heavy atom. The Kier molecular flexibility index (Phi) is 6.26. The number of carbonyl (C=O) groups is 1. The molecule has 5 heteroatoms. The summed E-state index contributed by atoms with van der Waals surface area (Å²) in [5.41, 5.74) is 6.79. The number of benzene rings is 3. The maximum Gasteiger partial charge on any atom is 0.183 e. The average Bonchev–Trinajstić information content (AvgIpc) is 2.98. The molecule has 1 aromatic heterocycles. The Morgan fingerprint density at radius 2 is 1.22 bits per heavy atom. The highest BCUT2D eigenvalue weighted by atomic mass is 16.1. The summed E-state index contributed by atoms with van der Waals surface area (Å²) in [5.74, 6) is 2.02. The van der Waals surface area contributed by atoms with Crippen LogP contribution in [0.3, 0.4) is 0 Å². The van der Waals surface area contributed by atoms with Gasteiger partial charge in [-0.1, -0.05) is 91.0 Å². The fourth-order valence-electron chi connectivity index (χ4n) is 4.76. The van der Waals surface area contributed by atoms with E-state index in [0.717, 1.165) is 64.9 Å². The quantitative estimate of drug-likeness (QED) is 0.325. The molecule has 4 aromatic rings. The summed E-state index contributed by atoms with van der Waals surface area (Å²) in [6.07, 6.45) is 9.30. The maximum atomic E-state index is 12.4. The molecule has 0 saturated heterocycles. The smallest absolute Gasteiger partial charge is 0.183 e. The first-order valence-corrected chi connectivity index (χ1v) is 12.6. The zero-order valence-corrected chi connectivity index (χ0v) is 20.4. The lowest BCUT2D eigenvalue weighted by atomic mass is 9.93. The van der Waals surface area contributed by atoms with Gasteiger partial charge in [0.05, 0.1) is 0 Å². The van der Waals surface area contributed by atoms with Crippen LogP contribution in [-0.2, 0) is 4.79 Å². The van der Waals surface area contributed by atoms with Crippen LogP contribution in [0.15, 0.2) is 114 Å². The van der Waals surface area contributed by atoms with Crippen molar-refractivity contribution in [1.82, 2.24) is 20.3 Å². The molecule has 37 heavy (non-hydrogen) atoms. The Morgan fingerprint density at radius 1 is 0.622 bits per heavy atom. The van der Waals surface area contributed by atoms with E-state index in [1.54, 1.807) is 6.08 Å². The molecule has 0 amide bonds. The third-order valence-corrected chi connectivity index (χ3v) is 6.65. The monoisotopic (exact) mass is 482 g/mol. The van der Waals surface area contributed by atoms with Crippen LogP contribution in [0.4, 0.5) is 0 Å². The number of hydrogen-bond donors (Lipinski definition) is 1. The lowest BCUT2D eigenvalue weighted by molar-refractivity contribution is -0.111. The fourth-order valence-corrected chi connectivity index (χ4v) is 4.76. The number of ketones is 1. The molecular formula is C32H26N4O. The van der Waals surface area contributed by atoms with E-state index in [1.807, 2.05) is 78.9 Å². The predicted octanol–water partition coefficient (Wildman–Crippen LogP) is 6.77. The molecule has 3 aromatic carbocycles. The number of nitrogens with one attached hydrogen (secondary N) is 1. The van der Waals surface area contributed by atoms with Gasteiger partial charge in [-0.2, -0.15) is 0 Å². The molecule has 180 valence electrons. The fraction of sp³-hybridized carbons (Fsp3) is 0.125. The highest BCUT2D eigenvalue weighted by Gasteiger charge is 2.20. The Bertz CT molecular complexity index is 1490. The second-order valence-corrected chi connectivity index (χ2v) is 9.16. The van der Waals surface area contributed by atoms with E-state index in [2.05, 4.69) is 23.5 Å². The van der Waals surface area contributed by atoms with Crippen LogP contribution in [0.1, 0.15) is 31.2 Å². The van der Waals surface area contributed by atoms with Gasteiger partial charge in [0.25, 0.3) is 0 Å². The second kappa shape index (κ2) is 10.2. The molecule has 1 N–H and O–H groups in total. The zero-order chi connectivity index (χ0) is 25.0. The molecule has 0 unspecified atom stereocenters. The Balaban J connectivity index is 1.39. The molecule has 0 bridgehead atoms. The average molecular weight is 483 g/mol. The first-order valence-electron chi connectivity index (χ1n) is 12.6. The van der Waals surface area contributed by atoms with Crippen molar-refractivity contribution in [2.45, 2.75) is 25.7 Å². The molecule has 0 saturated carbocycles. The van der Waals surface area contributed by atoms with E-state index < -0.39 is 0 Å². The topological polar surface area (TPSA) is 67.8 Å². The lowest BCUT2D eigenvalue weighted by Gasteiger charge is -2.23. The Hall–Kier alpha value is -4.64. The summed E-state index contributed by atoms with van der Waals surface area (Å²) in [4.78, 5) is 27.0. The summed E-state index contributed by atoms with van der Waals surface area (Å²) in [6, 6.07) is 28.2. The normalized spacial score (nSPS) is 17.3. The van der Waals surface area contributed by atoms with Crippen LogP contribution >= 0.6 is 0 Å². The van der Waals surface area contributed by atoms with Crippen molar-refractivity contribution in [3.63, 3.8) is 0 Å². The summed E-state index contributed by atoms with van der Waals surface area (Å²) in [5, 5.41) is 3.56. The zero-order valence-electron chi connectivity index (χ0n) is 20.4. The van der Waals surface area contributed by atoms with E-state index >= 15 is 0 Å². The molecule has 2 heterocycles. The van der Waals surface area contributed by atoms with Crippen LogP contribution < -0.4 is 5.32 Å². The predicted molar refractivity (Wildman–Crippen MR) is 147 cm³/mol. The van der Waals surface area contributed by atoms with Gasteiger partial charge in [-0.05, 0) is 43.4 Å². The van der Waals surface area contributed by atoms with Crippen LogP contribution in [0.5, 0.6) is 0 Å². The third kappa shape index (κ3) is 4.89. The maximum absolute atomic E-state index is 12.4. The van der Waals surface area contributed by atoms with Crippen molar-refractivity contribution in [3.05, 3.63) is 120 Å². The number of carbonyl (C=O) groups excluding carboxylic acids is 1. The van der Waals surface area contributed by atoms with Crippen molar-refractivity contribution in [2.75, 3.05) is 0 Å². The highest BCUT2D eigenvalue weighted by Crippen LogP contribution is 2.30. The van der Waals surface area contributed by atoms with E-state index in [1.165, 1.54) is 0 Å². The van der Waals surface area contributed by atoms with Gasteiger partial charge in [0.15, 0.2) is 23.3 Å². The summed E-state index contributed by atoms with van der Waals surface area (Å²) < 4.78 is 0. The second-order valence-electron chi connectivity index (χ2n) is 9.16. The van der Waals surface area contributed by atoms with Crippen molar-refractivity contribution in [3.8, 4) is 34.2 Å². The molecule has 1 aliphatic carbocycles. The van der Waals surface area contributed by atoms with Crippen molar-refractivity contribution in [1.29, 1.82) is 0 Å². The first-order chi connectivity index (χ1) is 18.2. The van der Waals surface area contributed by atoms with Crippen molar-refractivity contribution >= 4 is 11.5 Å². The first kappa shape index (κ1) is 22.8. The van der Waals surface area contributed by atoms with E-state index in [9.17, 15) is 4.79 Å². The molecule has 0 atom stereocenters. The number of rotatable bonds is 4. The van der Waals surface area contributed by atoms with Gasteiger partial charge < -0.3 is 5.32 Å². The molecule has 6 rings (SSSR count). The van der Waals surface area contributed by atoms with Crippen molar-refractivity contribution < 1.29 is 4.79 Å². The molecule has 0 radical (unpaired) electrons. The number of allylic oxidation sites excluding steroid dienone is 5. The van der Waals surface area contributed by atoms with Gasteiger partial charge >= 0.3 is 0 Å². The van der Waals surface area contributed by atoms with Gasteiger partial charge in [0.2, 0.25) is 0 Å². The van der Waals surface area contributed by atoms with Gasteiger partial charge in [-0.15, -0.1) is 0 Å². The molecule has 0 spiro atoms.